The minimum atomic E-state index is -3.62. The summed E-state index contributed by atoms with van der Waals surface area (Å²) in [6, 6.07) is 4.23. The fourth-order valence-corrected chi connectivity index (χ4v) is 3.82. The smallest absolute Gasteiger partial charge is 0.208 e. The summed E-state index contributed by atoms with van der Waals surface area (Å²) in [5.41, 5.74) is 0. The van der Waals surface area contributed by atoms with Gasteiger partial charge in [-0.05, 0) is 38.0 Å². The standard InChI is InChI=1S/C11H14BrCl2NO2S/c1-8(3-2-6-12)15-18(16,17)11-7-9(13)4-5-10(11)14/h4-5,7-8,15H,2-3,6H2,1H3. The van der Waals surface area contributed by atoms with Crippen molar-refractivity contribution in [1.82, 2.24) is 4.72 Å². The molecule has 0 bridgehead atoms. The number of benzene rings is 1. The van der Waals surface area contributed by atoms with E-state index in [2.05, 4.69) is 20.7 Å². The second-order valence-electron chi connectivity index (χ2n) is 3.93. The van der Waals surface area contributed by atoms with E-state index in [0.29, 0.717) is 5.02 Å². The molecule has 0 aliphatic carbocycles. The zero-order valence-corrected chi connectivity index (χ0v) is 13.7. The van der Waals surface area contributed by atoms with Crippen molar-refractivity contribution in [2.24, 2.45) is 0 Å². The van der Waals surface area contributed by atoms with Crippen molar-refractivity contribution in [2.75, 3.05) is 5.33 Å². The van der Waals surface area contributed by atoms with Gasteiger partial charge in [0.2, 0.25) is 10.0 Å². The van der Waals surface area contributed by atoms with Gasteiger partial charge in [-0.3, -0.25) is 0 Å². The molecule has 0 radical (unpaired) electrons. The largest absolute Gasteiger partial charge is 0.242 e. The Labute approximate surface area is 126 Å². The lowest BCUT2D eigenvalue weighted by Gasteiger charge is -2.14. The topological polar surface area (TPSA) is 46.2 Å². The van der Waals surface area contributed by atoms with E-state index >= 15 is 0 Å². The molecule has 0 aliphatic heterocycles. The summed E-state index contributed by atoms with van der Waals surface area (Å²) in [5, 5.41) is 1.35. The minimum absolute atomic E-state index is 0.0161. The Bertz CT molecular complexity index is 508. The average molecular weight is 375 g/mol. The van der Waals surface area contributed by atoms with Crippen LogP contribution in [0, 0.1) is 0 Å². The predicted octanol–water partition coefficient (Wildman–Crippen LogP) is 3.84. The van der Waals surface area contributed by atoms with Crippen LogP contribution in [-0.2, 0) is 10.0 Å². The second kappa shape index (κ2) is 7.10. The number of alkyl halides is 1. The number of halogens is 3. The maximum absolute atomic E-state index is 12.1. The van der Waals surface area contributed by atoms with Gasteiger partial charge in [0.15, 0.2) is 0 Å². The zero-order chi connectivity index (χ0) is 13.8. The van der Waals surface area contributed by atoms with Crippen LogP contribution in [0.5, 0.6) is 0 Å². The Kier molecular flexibility index (Phi) is 6.41. The molecule has 1 rings (SSSR count). The molecule has 1 aromatic rings. The highest BCUT2D eigenvalue weighted by Gasteiger charge is 2.20. The Morgan fingerprint density at radius 2 is 2.06 bits per heavy atom. The molecule has 0 amide bonds. The lowest BCUT2D eigenvalue weighted by Crippen LogP contribution is -2.32. The van der Waals surface area contributed by atoms with Gasteiger partial charge in [-0.15, -0.1) is 0 Å². The first-order valence-corrected chi connectivity index (χ1v) is 8.76. The van der Waals surface area contributed by atoms with Crippen molar-refractivity contribution in [3.05, 3.63) is 28.2 Å². The summed E-state index contributed by atoms with van der Waals surface area (Å²) in [4.78, 5) is 0.0161. The summed E-state index contributed by atoms with van der Waals surface area (Å²) in [6.07, 6.45) is 1.65. The highest BCUT2D eigenvalue weighted by Crippen LogP contribution is 2.25. The highest BCUT2D eigenvalue weighted by atomic mass is 79.9. The number of sulfonamides is 1. The molecule has 0 aromatic heterocycles. The van der Waals surface area contributed by atoms with E-state index in [1.165, 1.54) is 12.1 Å². The molecule has 0 heterocycles. The molecule has 0 fully saturated rings. The molecular formula is C11H14BrCl2NO2S. The van der Waals surface area contributed by atoms with Gasteiger partial charge in [0.05, 0.1) is 5.02 Å². The van der Waals surface area contributed by atoms with Gasteiger partial charge in [-0.2, -0.15) is 0 Å². The Balaban J connectivity index is 2.89. The second-order valence-corrected chi connectivity index (χ2v) is 7.25. The van der Waals surface area contributed by atoms with E-state index in [1.807, 2.05) is 6.92 Å². The van der Waals surface area contributed by atoms with E-state index in [-0.39, 0.29) is 16.0 Å². The van der Waals surface area contributed by atoms with Gasteiger partial charge >= 0.3 is 0 Å². The normalized spacial score (nSPS) is 13.6. The minimum Gasteiger partial charge on any atom is -0.208 e. The van der Waals surface area contributed by atoms with E-state index in [0.717, 1.165) is 18.2 Å². The highest BCUT2D eigenvalue weighted by molar-refractivity contribution is 9.09. The molecule has 0 aliphatic rings. The van der Waals surface area contributed by atoms with Crippen LogP contribution in [0.4, 0.5) is 0 Å². The van der Waals surface area contributed by atoms with Gasteiger partial charge in [0.25, 0.3) is 0 Å². The molecule has 0 saturated heterocycles. The first-order chi connectivity index (χ1) is 8.36. The van der Waals surface area contributed by atoms with Crippen LogP contribution in [0.2, 0.25) is 10.0 Å². The Hall–Kier alpha value is 0.190. The summed E-state index contributed by atoms with van der Waals surface area (Å²) in [5.74, 6) is 0. The average Bonchev–Trinajstić information content (AvgIpc) is 2.29. The third-order valence-electron chi connectivity index (χ3n) is 2.31. The Morgan fingerprint density at radius 3 is 2.67 bits per heavy atom. The van der Waals surface area contributed by atoms with Gasteiger partial charge in [0.1, 0.15) is 4.90 Å². The summed E-state index contributed by atoms with van der Waals surface area (Å²) < 4.78 is 26.8. The van der Waals surface area contributed by atoms with Crippen molar-refractivity contribution in [3.8, 4) is 0 Å². The number of rotatable bonds is 6. The fraction of sp³-hybridized carbons (Fsp3) is 0.455. The van der Waals surface area contributed by atoms with Crippen molar-refractivity contribution in [1.29, 1.82) is 0 Å². The molecule has 1 atom stereocenters. The molecular weight excluding hydrogens is 361 g/mol. The molecule has 0 spiro atoms. The zero-order valence-electron chi connectivity index (χ0n) is 9.79. The van der Waals surface area contributed by atoms with Crippen LogP contribution in [0.3, 0.4) is 0 Å². The quantitative estimate of drug-likeness (QED) is 0.769. The maximum Gasteiger partial charge on any atom is 0.242 e. The van der Waals surface area contributed by atoms with E-state index in [9.17, 15) is 8.42 Å². The first kappa shape index (κ1) is 16.2. The van der Waals surface area contributed by atoms with Crippen LogP contribution in [0.1, 0.15) is 19.8 Å². The molecule has 7 heteroatoms. The lowest BCUT2D eigenvalue weighted by atomic mass is 10.2. The molecule has 1 aromatic carbocycles. The van der Waals surface area contributed by atoms with Crippen molar-refractivity contribution in [3.63, 3.8) is 0 Å². The van der Waals surface area contributed by atoms with Gasteiger partial charge in [-0.25, -0.2) is 13.1 Å². The van der Waals surface area contributed by atoms with Crippen LogP contribution in [0.25, 0.3) is 0 Å². The van der Waals surface area contributed by atoms with E-state index in [1.54, 1.807) is 6.07 Å². The third kappa shape index (κ3) is 4.70. The van der Waals surface area contributed by atoms with E-state index < -0.39 is 10.0 Å². The van der Waals surface area contributed by atoms with Crippen LogP contribution in [0.15, 0.2) is 23.1 Å². The third-order valence-corrected chi connectivity index (χ3v) is 5.18. The molecule has 1 N–H and O–H groups in total. The molecule has 102 valence electrons. The summed E-state index contributed by atoms with van der Waals surface area (Å²) in [7, 11) is -3.62. The number of nitrogens with one attached hydrogen (secondary N) is 1. The molecule has 3 nitrogen and oxygen atoms in total. The van der Waals surface area contributed by atoms with Crippen LogP contribution >= 0.6 is 39.1 Å². The van der Waals surface area contributed by atoms with E-state index in [4.69, 9.17) is 23.2 Å². The van der Waals surface area contributed by atoms with Crippen LogP contribution < -0.4 is 4.72 Å². The first-order valence-electron chi connectivity index (χ1n) is 5.40. The van der Waals surface area contributed by atoms with Crippen molar-refractivity contribution in [2.45, 2.75) is 30.7 Å². The summed E-state index contributed by atoms with van der Waals surface area (Å²) >= 11 is 15.0. The molecule has 0 saturated carbocycles. The molecule has 1 unspecified atom stereocenters. The molecule has 18 heavy (non-hydrogen) atoms. The monoisotopic (exact) mass is 373 g/mol. The lowest BCUT2D eigenvalue weighted by molar-refractivity contribution is 0.545. The number of hydrogen-bond donors (Lipinski definition) is 1. The predicted molar refractivity (Wildman–Crippen MR) is 79.3 cm³/mol. The van der Waals surface area contributed by atoms with Crippen molar-refractivity contribution < 1.29 is 8.42 Å². The van der Waals surface area contributed by atoms with Gasteiger partial charge in [-0.1, -0.05) is 39.1 Å². The SMILES string of the molecule is CC(CCCBr)NS(=O)(=O)c1cc(Cl)ccc1Cl. The Morgan fingerprint density at radius 1 is 1.39 bits per heavy atom. The van der Waals surface area contributed by atoms with Gasteiger partial charge in [0, 0.05) is 16.4 Å². The number of hydrogen-bond acceptors (Lipinski definition) is 2. The van der Waals surface area contributed by atoms with Gasteiger partial charge < -0.3 is 0 Å². The van der Waals surface area contributed by atoms with Crippen molar-refractivity contribution >= 4 is 49.2 Å². The summed E-state index contributed by atoms with van der Waals surface area (Å²) in [6.45, 7) is 1.82. The fourth-order valence-electron chi connectivity index (χ4n) is 1.45. The van der Waals surface area contributed by atoms with Crippen LogP contribution in [-0.4, -0.2) is 19.8 Å². The maximum atomic E-state index is 12.1.